The molecule has 0 unspecified atom stereocenters. The van der Waals surface area contributed by atoms with Gasteiger partial charge in [-0.05, 0) is 81.9 Å². The number of anilines is 4. The van der Waals surface area contributed by atoms with Crippen molar-refractivity contribution in [1.29, 1.82) is 0 Å². The summed E-state index contributed by atoms with van der Waals surface area (Å²) < 4.78 is 21.7. The normalized spacial score (nSPS) is 16.2. The average Bonchev–Trinajstić information content (AvgIpc) is 3.39. The number of nitrogens with one attached hydrogen (secondary N) is 4. The molecule has 0 radical (unpaired) electrons. The highest BCUT2D eigenvalue weighted by Crippen LogP contribution is 2.66. The summed E-state index contributed by atoms with van der Waals surface area (Å²) in [4.78, 5) is 20.8. The van der Waals surface area contributed by atoms with Crippen LogP contribution in [0.25, 0.3) is 0 Å². The first-order chi connectivity index (χ1) is 33.5. The van der Waals surface area contributed by atoms with Gasteiger partial charge in [-0.1, -0.05) is 109 Å². The van der Waals surface area contributed by atoms with Crippen LogP contribution in [0.1, 0.15) is 68.4 Å². The Kier molecular flexibility index (Phi) is 14.2. The molecule has 0 spiro atoms. The third-order valence-corrected chi connectivity index (χ3v) is 12.6. The van der Waals surface area contributed by atoms with Crippen LogP contribution in [-0.4, -0.2) is 48.4 Å². The lowest BCUT2D eigenvalue weighted by molar-refractivity contribution is 0.220. The lowest BCUT2D eigenvalue weighted by Gasteiger charge is -2.52. The van der Waals surface area contributed by atoms with E-state index in [1.807, 2.05) is 72.8 Å². The van der Waals surface area contributed by atoms with Gasteiger partial charge in [0.2, 0.25) is 11.9 Å². The molecular weight excluding hydrogens is 849 g/mol. The molecule has 2 heterocycles. The summed E-state index contributed by atoms with van der Waals surface area (Å²) >= 11 is 0. The van der Waals surface area contributed by atoms with Gasteiger partial charge in [0.25, 0.3) is 0 Å². The standard InChI is InChI=1S/C56H56N8O4/c1-65-43-23-15-37(16-24-43)33-57-49-31-47(61-55(63-49)59-35-39-19-27-45(67-3)28-20-39)53-51(41-11-7-5-8-12-41)54(52(53)42-13-9-6-10-14-42)48-32-50(58-34-38-17-25-44(66-2)26-18-38)64-56(62-48)60-36-40-21-29-46(68-4)30-22-40/h5-32,51-54H,33-36H2,1-4H3,(H2,57,59,61,63)(H2,58,60,62,64). The van der Waals surface area contributed by atoms with Gasteiger partial charge in [-0.2, -0.15) is 9.97 Å². The van der Waals surface area contributed by atoms with E-state index in [0.717, 1.165) is 68.3 Å². The molecule has 344 valence electrons. The lowest BCUT2D eigenvalue weighted by Crippen LogP contribution is -2.41. The molecule has 0 saturated heterocycles. The predicted octanol–water partition coefficient (Wildman–Crippen LogP) is 11.2. The fourth-order valence-electron chi connectivity index (χ4n) is 9.00. The van der Waals surface area contributed by atoms with Gasteiger partial charge in [0.1, 0.15) is 34.6 Å². The first kappa shape index (κ1) is 45.1. The fraction of sp³-hybridized carbons (Fsp3) is 0.214. The second-order valence-electron chi connectivity index (χ2n) is 16.7. The van der Waals surface area contributed by atoms with Gasteiger partial charge in [0.15, 0.2) is 0 Å². The van der Waals surface area contributed by atoms with Gasteiger partial charge in [-0.15, -0.1) is 0 Å². The maximum Gasteiger partial charge on any atom is 0.225 e. The molecule has 2 aromatic heterocycles. The van der Waals surface area contributed by atoms with E-state index in [1.165, 1.54) is 11.1 Å². The van der Waals surface area contributed by atoms with E-state index < -0.39 is 0 Å². The summed E-state index contributed by atoms with van der Waals surface area (Å²) in [6.45, 7) is 2.19. The van der Waals surface area contributed by atoms with E-state index >= 15 is 0 Å². The topological polar surface area (TPSA) is 137 Å². The molecule has 4 N–H and O–H groups in total. The van der Waals surface area contributed by atoms with Crippen molar-refractivity contribution >= 4 is 23.5 Å². The Morgan fingerprint density at radius 3 is 0.926 bits per heavy atom. The third-order valence-electron chi connectivity index (χ3n) is 12.6. The summed E-state index contributed by atoms with van der Waals surface area (Å²) in [5.74, 6) is 5.61. The SMILES string of the molecule is COc1ccc(CNc2cc(C3C(c4ccccc4)C(c4cc(NCc5ccc(OC)cc5)nc(NCc5ccc(OC)cc5)n4)C3c3ccccc3)nc(NCc3ccc(OC)cc3)n2)cc1. The van der Waals surface area contributed by atoms with E-state index in [1.54, 1.807) is 28.4 Å². The summed E-state index contributed by atoms with van der Waals surface area (Å²) in [6, 6.07) is 58.0. The average molecular weight is 905 g/mol. The van der Waals surface area contributed by atoms with E-state index in [0.29, 0.717) is 38.1 Å². The zero-order valence-electron chi connectivity index (χ0n) is 38.7. The second kappa shape index (κ2) is 21.5. The fourth-order valence-corrected chi connectivity index (χ4v) is 9.00. The maximum absolute atomic E-state index is 5.43. The van der Waals surface area contributed by atoms with Crippen LogP contribution in [0, 0.1) is 0 Å². The molecule has 0 aliphatic heterocycles. The van der Waals surface area contributed by atoms with Gasteiger partial charge in [-0.3, -0.25) is 0 Å². The van der Waals surface area contributed by atoms with Gasteiger partial charge in [0, 0.05) is 62.0 Å². The molecule has 0 amide bonds. The molecule has 1 aliphatic carbocycles. The summed E-state index contributed by atoms with van der Waals surface area (Å²) in [6.07, 6.45) is 0. The number of hydrogen-bond donors (Lipinski definition) is 4. The Morgan fingerprint density at radius 2 is 0.632 bits per heavy atom. The van der Waals surface area contributed by atoms with E-state index in [2.05, 4.69) is 118 Å². The number of rotatable bonds is 20. The first-order valence-corrected chi connectivity index (χ1v) is 22.8. The van der Waals surface area contributed by atoms with Crippen molar-refractivity contribution in [2.75, 3.05) is 49.7 Å². The molecular formula is C56H56N8O4. The number of aromatic nitrogens is 4. The van der Waals surface area contributed by atoms with Crippen LogP contribution >= 0.6 is 0 Å². The first-order valence-electron chi connectivity index (χ1n) is 22.8. The quantitative estimate of drug-likeness (QED) is 0.0579. The summed E-state index contributed by atoms with van der Waals surface area (Å²) in [7, 11) is 6.70. The van der Waals surface area contributed by atoms with Crippen LogP contribution in [0.2, 0.25) is 0 Å². The third kappa shape index (κ3) is 10.8. The van der Waals surface area contributed by atoms with Crippen LogP contribution in [0.3, 0.4) is 0 Å². The molecule has 12 nitrogen and oxygen atoms in total. The Bertz CT molecular complexity index is 2510. The van der Waals surface area contributed by atoms with Crippen molar-refractivity contribution in [2.24, 2.45) is 0 Å². The minimum atomic E-state index is -0.0581. The Morgan fingerprint density at radius 1 is 0.338 bits per heavy atom. The van der Waals surface area contributed by atoms with Crippen LogP contribution in [0.5, 0.6) is 23.0 Å². The van der Waals surface area contributed by atoms with Gasteiger partial charge >= 0.3 is 0 Å². The molecule has 0 bridgehead atoms. The van der Waals surface area contributed by atoms with Crippen molar-refractivity contribution in [3.05, 3.63) is 215 Å². The summed E-state index contributed by atoms with van der Waals surface area (Å²) in [5.41, 5.74) is 8.62. The minimum absolute atomic E-state index is 0.0149. The van der Waals surface area contributed by atoms with E-state index in [4.69, 9.17) is 38.9 Å². The number of benzene rings is 6. The van der Waals surface area contributed by atoms with Crippen LogP contribution in [0.15, 0.2) is 170 Å². The second-order valence-corrected chi connectivity index (χ2v) is 16.7. The van der Waals surface area contributed by atoms with Crippen molar-refractivity contribution in [1.82, 2.24) is 19.9 Å². The minimum Gasteiger partial charge on any atom is -0.497 e. The highest BCUT2D eigenvalue weighted by molar-refractivity contribution is 5.54. The Hall–Kier alpha value is -8.12. The lowest BCUT2D eigenvalue weighted by atomic mass is 9.50. The van der Waals surface area contributed by atoms with Crippen molar-refractivity contribution in [3.8, 4) is 23.0 Å². The van der Waals surface area contributed by atoms with Gasteiger partial charge in [-0.25, -0.2) is 9.97 Å². The molecule has 0 atom stereocenters. The van der Waals surface area contributed by atoms with E-state index in [9.17, 15) is 0 Å². The molecule has 12 heteroatoms. The van der Waals surface area contributed by atoms with Crippen molar-refractivity contribution in [3.63, 3.8) is 0 Å². The van der Waals surface area contributed by atoms with Gasteiger partial charge in [0.05, 0.1) is 39.8 Å². The zero-order valence-corrected chi connectivity index (χ0v) is 38.7. The largest absolute Gasteiger partial charge is 0.497 e. The maximum atomic E-state index is 5.43. The molecule has 68 heavy (non-hydrogen) atoms. The van der Waals surface area contributed by atoms with Crippen LogP contribution < -0.4 is 40.2 Å². The van der Waals surface area contributed by atoms with Gasteiger partial charge < -0.3 is 40.2 Å². The highest BCUT2D eigenvalue weighted by atomic mass is 16.5. The molecule has 1 saturated carbocycles. The number of hydrogen-bond acceptors (Lipinski definition) is 12. The number of nitrogens with zero attached hydrogens (tertiary/aromatic N) is 4. The van der Waals surface area contributed by atoms with Crippen LogP contribution in [-0.2, 0) is 26.2 Å². The van der Waals surface area contributed by atoms with Crippen LogP contribution in [0.4, 0.5) is 23.5 Å². The molecule has 8 aromatic rings. The molecule has 1 fully saturated rings. The zero-order chi connectivity index (χ0) is 46.7. The van der Waals surface area contributed by atoms with E-state index in [-0.39, 0.29) is 23.7 Å². The molecule has 6 aromatic carbocycles. The number of methoxy groups -OCH3 is 4. The Balaban J connectivity index is 1.12. The molecule has 9 rings (SSSR count). The Labute approximate surface area is 398 Å². The number of ether oxygens (including phenoxy) is 4. The van der Waals surface area contributed by atoms with Crippen molar-refractivity contribution < 1.29 is 18.9 Å². The molecule has 1 aliphatic rings. The predicted molar refractivity (Wildman–Crippen MR) is 269 cm³/mol. The highest BCUT2D eigenvalue weighted by Gasteiger charge is 2.54. The van der Waals surface area contributed by atoms with Crippen molar-refractivity contribution in [2.45, 2.75) is 49.9 Å². The summed E-state index contributed by atoms with van der Waals surface area (Å²) in [5, 5.41) is 14.4. The monoisotopic (exact) mass is 904 g/mol. The smallest absolute Gasteiger partial charge is 0.225 e.